The molecule has 0 amide bonds. The second-order valence-corrected chi connectivity index (χ2v) is 8.70. The summed E-state index contributed by atoms with van der Waals surface area (Å²) in [4.78, 5) is 20.6. The molecule has 162 valence electrons. The molecule has 3 aromatic heterocycles. The van der Waals surface area contributed by atoms with E-state index >= 15 is 0 Å². The molecule has 1 aliphatic rings. The zero-order chi connectivity index (χ0) is 22.5. The minimum absolute atomic E-state index is 0.422. The van der Waals surface area contributed by atoms with Gasteiger partial charge < -0.3 is 8.98 Å². The topological polar surface area (TPSA) is 86.7 Å². The van der Waals surface area contributed by atoms with Gasteiger partial charge in [0.15, 0.2) is 11.4 Å². The normalized spacial score (nSPS) is 13.5. The van der Waals surface area contributed by atoms with Gasteiger partial charge in [0.2, 0.25) is 5.89 Å². The van der Waals surface area contributed by atoms with E-state index in [1.54, 1.807) is 24.5 Å². The summed E-state index contributed by atoms with van der Waals surface area (Å²) in [6, 6.07) is 15.0. The van der Waals surface area contributed by atoms with Crippen molar-refractivity contribution in [3.05, 3.63) is 71.1 Å². The molecule has 0 saturated heterocycles. The Morgan fingerprint density at radius 2 is 1.94 bits per heavy atom. The van der Waals surface area contributed by atoms with Gasteiger partial charge in [-0.1, -0.05) is 17.7 Å². The maximum Gasteiger partial charge on any atom is 0.246 e. The predicted molar refractivity (Wildman–Crippen MR) is 125 cm³/mol. The van der Waals surface area contributed by atoms with Crippen molar-refractivity contribution in [2.45, 2.75) is 18.8 Å². The number of aromatic nitrogens is 5. The number of fused-ring (bicyclic) bond motifs is 1. The molecule has 1 saturated carbocycles. The Hall–Kier alpha value is -3.84. The van der Waals surface area contributed by atoms with Crippen molar-refractivity contribution < 1.29 is 9.21 Å². The van der Waals surface area contributed by atoms with Crippen LogP contribution in [0.4, 0.5) is 0 Å². The summed E-state index contributed by atoms with van der Waals surface area (Å²) >= 11 is 6.34. The first-order valence-electron chi connectivity index (χ1n) is 10.6. The number of aryl methyl sites for hydroxylation is 1. The molecule has 0 N–H and O–H groups in total. The standard InChI is InChI=1S/C25H18ClN5O2/c1-31-13-27-30-24(31)19-11-17(26)5-6-18(19)16-9-20(15-3-4-15)28-22(10-16)25-29-21-8-14(12-32)2-7-23(21)33-25/h2,5-13,15H,3-4H2,1H3. The molecule has 0 bridgehead atoms. The average Bonchev–Trinajstić information content (AvgIpc) is 3.46. The number of rotatable bonds is 5. The Morgan fingerprint density at radius 3 is 2.70 bits per heavy atom. The van der Waals surface area contributed by atoms with E-state index in [9.17, 15) is 4.79 Å². The number of carbonyl (C=O) groups excluding carboxylic acids is 1. The molecule has 7 nitrogen and oxygen atoms in total. The fourth-order valence-corrected chi connectivity index (χ4v) is 4.18. The number of hydrogen-bond acceptors (Lipinski definition) is 6. The first-order chi connectivity index (χ1) is 16.1. The Kier molecular flexibility index (Phi) is 4.58. The monoisotopic (exact) mass is 455 g/mol. The smallest absolute Gasteiger partial charge is 0.246 e. The van der Waals surface area contributed by atoms with Crippen LogP contribution in [0.25, 0.3) is 45.2 Å². The highest BCUT2D eigenvalue weighted by atomic mass is 35.5. The average molecular weight is 456 g/mol. The number of halogens is 1. The molecule has 3 heterocycles. The fourth-order valence-electron chi connectivity index (χ4n) is 4.01. The van der Waals surface area contributed by atoms with Gasteiger partial charge in [-0.25, -0.2) is 9.97 Å². The van der Waals surface area contributed by atoms with Gasteiger partial charge in [0.05, 0.1) is 0 Å². The summed E-state index contributed by atoms with van der Waals surface area (Å²) in [6.45, 7) is 0. The largest absolute Gasteiger partial charge is 0.435 e. The molecule has 8 heteroatoms. The molecule has 0 atom stereocenters. The van der Waals surface area contributed by atoms with Crippen LogP contribution in [-0.4, -0.2) is 31.0 Å². The van der Waals surface area contributed by atoms with E-state index in [0.29, 0.717) is 39.2 Å². The molecule has 2 aromatic carbocycles. The van der Waals surface area contributed by atoms with Crippen molar-refractivity contribution in [3.63, 3.8) is 0 Å². The molecule has 1 aliphatic carbocycles. The van der Waals surface area contributed by atoms with Crippen LogP contribution in [-0.2, 0) is 7.05 Å². The number of oxazole rings is 1. The molecule has 0 unspecified atom stereocenters. The number of nitrogens with zero attached hydrogens (tertiary/aromatic N) is 5. The zero-order valence-corrected chi connectivity index (χ0v) is 18.5. The van der Waals surface area contributed by atoms with Crippen LogP contribution in [0, 0.1) is 0 Å². The summed E-state index contributed by atoms with van der Waals surface area (Å²) in [5, 5.41) is 8.94. The Bertz CT molecular complexity index is 1530. The third-order valence-corrected chi connectivity index (χ3v) is 6.09. The molecule has 1 fully saturated rings. The molecule has 6 rings (SSSR count). The van der Waals surface area contributed by atoms with Crippen molar-refractivity contribution in [2.24, 2.45) is 7.05 Å². The van der Waals surface area contributed by atoms with Crippen molar-refractivity contribution >= 4 is 29.0 Å². The van der Waals surface area contributed by atoms with Gasteiger partial charge in [-0.2, -0.15) is 0 Å². The number of hydrogen-bond donors (Lipinski definition) is 0. The quantitative estimate of drug-likeness (QED) is 0.316. The first-order valence-corrected chi connectivity index (χ1v) is 11.0. The van der Waals surface area contributed by atoms with E-state index in [-0.39, 0.29) is 0 Å². The summed E-state index contributed by atoms with van der Waals surface area (Å²) < 4.78 is 7.87. The second-order valence-electron chi connectivity index (χ2n) is 8.26. The summed E-state index contributed by atoms with van der Waals surface area (Å²) in [6.07, 6.45) is 4.69. The minimum Gasteiger partial charge on any atom is -0.435 e. The van der Waals surface area contributed by atoms with E-state index in [2.05, 4.69) is 21.2 Å². The Morgan fingerprint density at radius 1 is 1.06 bits per heavy atom. The van der Waals surface area contributed by atoms with E-state index in [0.717, 1.165) is 47.3 Å². The SMILES string of the molecule is Cn1cnnc1-c1cc(Cl)ccc1-c1cc(-c2nc3cc(C=O)ccc3o2)nc(C2CC2)c1. The summed E-state index contributed by atoms with van der Waals surface area (Å²) in [5.41, 5.74) is 6.29. The summed E-state index contributed by atoms with van der Waals surface area (Å²) in [5.74, 6) is 1.58. The Balaban J connectivity index is 1.54. The van der Waals surface area contributed by atoms with Crippen LogP contribution in [0.5, 0.6) is 0 Å². The van der Waals surface area contributed by atoms with Crippen LogP contribution in [0.2, 0.25) is 5.02 Å². The molecule has 5 aromatic rings. The van der Waals surface area contributed by atoms with E-state index in [1.165, 1.54) is 0 Å². The van der Waals surface area contributed by atoms with Gasteiger partial charge in [0, 0.05) is 34.8 Å². The molecule has 0 aliphatic heterocycles. The van der Waals surface area contributed by atoms with Crippen LogP contribution < -0.4 is 0 Å². The predicted octanol–water partition coefficient (Wildman–Crippen LogP) is 5.70. The number of aldehydes is 1. The van der Waals surface area contributed by atoms with Crippen LogP contribution in [0.1, 0.15) is 34.8 Å². The Labute approximate surface area is 194 Å². The molecular formula is C25H18ClN5O2. The third-order valence-electron chi connectivity index (χ3n) is 5.85. The highest BCUT2D eigenvalue weighted by Crippen LogP contribution is 2.42. The highest BCUT2D eigenvalue weighted by Gasteiger charge is 2.27. The number of benzene rings is 2. The van der Waals surface area contributed by atoms with Crippen molar-refractivity contribution in [1.29, 1.82) is 0 Å². The van der Waals surface area contributed by atoms with Crippen LogP contribution in [0.3, 0.4) is 0 Å². The van der Waals surface area contributed by atoms with Gasteiger partial charge >= 0.3 is 0 Å². The number of pyridine rings is 1. The van der Waals surface area contributed by atoms with E-state index in [4.69, 9.17) is 21.0 Å². The highest BCUT2D eigenvalue weighted by molar-refractivity contribution is 6.31. The minimum atomic E-state index is 0.422. The van der Waals surface area contributed by atoms with Gasteiger partial charge in [0.25, 0.3) is 0 Å². The maximum absolute atomic E-state index is 11.1. The third kappa shape index (κ3) is 3.60. The number of carbonyl (C=O) groups is 1. The van der Waals surface area contributed by atoms with E-state index < -0.39 is 0 Å². The molecule has 33 heavy (non-hydrogen) atoms. The lowest BCUT2D eigenvalue weighted by Gasteiger charge is -2.12. The zero-order valence-electron chi connectivity index (χ0n) is 17.7. The van der Waals surface area contributed by atoms with Crippen molar-refractivity contribution in [1.82, 2.24) is 24.7 Å². The van der Waals surface area contributed by atoms with Crippen molar-refractivity contribution in [3.8, 4) is 34.1 Å². The van der Waals surface area contributed by atoms with Gasteiger partial charge in [0.1, 0.15) is 23.8 Å². The maximum atomic E-state index is 11.1. The van der Waals surface area contributed by atoms with Gasteiger partial charge in [-0.3, -0.25) is 4.79 Å². The lowest BCUT2D eigenvalue weighted by molar-refractivity contribution is 0.112. The summed E-state index contributed by atoms with van der Waals surface area (Å²) in [7, 11) is 1.90. The van der Waals surface area contributed by atoms with Gasteiger partial charge in [-0.05, 0) is 66.4 Å². The lowest BCUT2D eigenvalue weighted by atomic mass is 9.97. The van der Waals surface area contributed by atoms with E-state index in [1.807, 2.05) is 35.9 Å². The first kappa shape index (κ1) is 19.8. The molecular weight excluding hydrogens is 438 g/mol. The fraction of sp³-hybridized carbons (Fsp3) is 0.160. The molecule has 0 radical (unpaired) electrons. The molecule has 0 spiro atoms. The van der Waals surface area contributed by atoms with Crippen molar-refractivity contribution in [2.75, 3.05) is 0 Å². The second kappa shape index (κ2) is 7.64. The lowest BCUT2D eigenvalue weighted by Crippen LogP contribution is -1.97. The van der Waals surface area contributed by atoms with Crippen LogP contribution in [0.15, 0.2) is 59.3 Å². The van der Waals surface area contributed by atoms with Crippen LogP contribution >= 0.6 is 11.6 Å². The van der Waals surface area contributed by atoms with Gasteiger partial charge in [-0.15, -0.1) is 10.2 Å².